The van der Waals surface area contributed by atoms with E-state index < -0.39 is 12.1 Å². The molecule has 1 aromatic heterocycles. The lowest BCUT2D eigenvalue weighted by molar-refractivity contribution is -0.137. The van der Waals surface area contributed by atoms with Crippen LogP contribution >= 0.6 is 0 Å². The summed E-state index contributed by atoms with van der Waals surface area (Å²) in [6.45, 7) is 5.24. The maximum absolute atomic E-state index is 11.4. The van der Waals surface area contributed by atoms with E-state index in [0.29, 0.717) is 24.7 Å². The van der Waals surface area contributed by atoms with E-state index in [2.05, 4.69) is 41.1 Å². The molecule has 0 amide bonds. The van der Waals surface area contributed by atoms with E-state index in [1.165, 1.54) is 17.5 Å². The Morgan fingerprint density at radius 3 is 2.76 bits per heavy atom. The third-order valence-electron chi connectivity index (χ3n) is 8.29. The van der Waals surface area contributed by atoms with Crippen LogP contribution in [0.15, 0.2) is 54.7 Å². The number of nitrogens with zero attached hydrogens (tertiary/aromatic N) is 2. The number of unbranched alkanes of at least 4 members (excludes halogenated alkanes) is 1. The average molecular weight is 519 g/mol. The molecule has 1 saturated heterocycles. The Kier molecular flexibility index (Phi) is 10.1. The van der Waals surface area contributed by atoms with Crippen molar-refractivity contribution in [1.82, 2.24) is 9.88 Å². The van der Waals surface area contributed by atoms with Gasteiger partial charge in [-0.25, -0.2) is 0 Å². The number of ether oxygens (including phenoxy) is 1. The number of hydrogen-bond acceptors (Lipinski definition) is 5. The minimum absolute atomic E-state index is 0.208. The highest BCUT2D eigenvalue weighted by molar-refractivity contribution is 5.83. The molecule has 6 nitrogen and oxygen atoms in total. The number of aliphatic hydroxyl groups is 1. The van der Waals surface area contributed by atoms with Gasteiger partial charge in [-0.05, 0) is 118 Å². The molecular formula is C32H42N2O4. The van der Waals surface area contributed by atoms with Gasteiger partial charge in [-0.2, -0.15) is 0 Å². The molecule has 1 fully saturated rings. The van der Waals surface area contributed by atoms with Gasteiger partial charge in [-0.15, -0.1) is 0 Å². The fraction of sp³-hybridized carbons (Fsp3) is 0.500. The standard InChI is InChI=1S/C32H42N2O4/c1-23-7-3-4-8-24(23)9-5-6-19-34-20-17-25(26(22-34)11-15-32(36)37)10-14-31(35)28-16-18-33-30-13-12-27(38-2)21-29(28)30/h3-4,7-8,12-13,16,18,21,25-26,31,35H,5-6,9-11,14-15,17,19-20,22H2,1-2H3,(H,36,37)/t25-,26+,31?/m1/s1. The zero-order valence-corrected chi connectivity index (χ0v) is 22.8. The summed E-state index contributed by atoms with van der Waals surface area (Å²) in [5.41, 5.74) is 4.52. The molecule has 204 valence electrons. The maximum Gasteiger partial charge on any atom is 0.303 e. The maximum atomic E-state index is 11.4. The zero-order chi connectivity index (χ0) is 26.9. The first kappa shape index (κ1) is 28.1. The summed E-state index contributed by atoms with van der Waals surface area (Å²) in [6.07, 6.45) is 8.10. The summed E-state index contributed by atoms with van der Waals surface area (Å²) < 4.78 is 5.38. The van der Waals surface area contributed by atoms with Crippen molar-refractivity contribution in [3.63, 3.8) is 0 Å². The Morgan fingerprint density at radius 2 is 1.97 bits per heavy atom. The highest BCUT2D eigenvalue weighted by atomic mass is 16.5. The van der Waals surface area contributed by atoms with Crippen molar-refractivity contribution in [1.29, 1.82) is 0 Å². The molecule has 1 aliphatic heterocycles. The van der Waals surface area contributed by atoms with Crippen molar-refractivity contribution in [2.75, 3.05) is 26.7 Å². The molecule has 6 heteroatoms. The van der Waals surface area contributed by atoms with E-state index in [4.69, 9.17) is 4.74 Å². The van der Waals surface area contributed by atoms with Crippen molar-refractivity contribution in [2.45, 2.75) is 64.4 Å². The lowest BCUT2D eigenvalue weighted by Crippen LogP contribution is -2.41. The smallest absolute Gasteiger partial charge is 0.303 e. The number of aromatic nitrogens is 1. The molecule has 0 saturated carbocycles. The van der Waals surface area contributed by atoms with Crippen LogP contribution in [0, 0.1) is 18.8 Å². The molecule has 1 unspecified atom stereocenters. The SMILES string of the molecule is COc1ccc2nccc(C(O)CC[C@@H]3CCN(CCCCc4ccccc4C)C[C@@H]3CCC(=O)O)c2c1. The van der Waals surface area contributed by atoms with Crippen LogP contribution in [0.2, 0.25) is 0 Å². The Balaban J connectivity index is 1.32. The quantitative estimate of drug-likeness (QED) is 0.263. The number of aryl methyl sites for hydroxylation is 2. The number of hydrogen-bond donors (Lipinski definition) is 2. The summed E-state index contributed by atoms with van der Waals surface area (Å²) in [4.78, 5) is 18.3. The molecule has 0 bridgehead atoms. The predicted molar refractivity (Wildman–Crippen MR) is 152 cm³/mol. The number of benzene rings is 2. The highest BCUT2D eigenvalue weighted by Gasteiger charge is 2.30. The van der Waals surface area contributed by atoms with Crippen LogP contribution in [0.5, 0.6) is 5.75 Å². The van der Waals surface area contributed by atoms with Gasteiger partial charge in [0.15, 0.2) is 0 Å². The van der Waals surface area contributed by atoms with Gasteiger partial charge >= 0.3 is 5.97 Å². The van der Waals surface area contributed by atoms with Crippen LogP contribution in [0.25, 0.3) is 10.9 Å². The minimum atomic E-state index is -0.726. The second kappa shape index (κ2) is 13.7. The third kappa shape index (κ3) is 7.55. The number of methoxy groups -OCH3 is 1. The molecule has 3 aromatic rings. The number of rotatable bonds is 13. The number of aliphatic hydroxyl groups excluding tert-OH is 1. The van der Waals surface area contributed by atoms with Crippen LogP contribution in [-0.2, 0) is 11.2 Å². The number of pyridine rings is 1. The molecule has 2 N–H and O–H groups in total. The first-order valence-corrected chi connectivity index (χ1v) is 14.0. The van der Waals surface area contributed by atoms with E-state index in [1.807, 2.05) is 24.3 Å². The molecule has 0 radical (unpaired) electrons. The fourth-order valence-electron chi connectivity index (χ4n) is 6.01. The molecule has 1 aliphatic rings. The molecular weight excluding hydrogens is 476 g/mol. The van der Waals surface area contributed by atoms with Gasteiger partial charge < -0.3 is 19.8 Å². The second-order valence-electron chi connectivity index (χ2n) is 10.8. The molecule has 2 heterocycles. The van der Waals surface area contributed by atoms with Crippen molar-refractivity contribution < 1.29 is 19.7 Å². The zero-order valence-electron chi connectivity index (χ0n) is 22.8. The van der Waals surface area contributed by atoms with Gasteiger partial charge in [0.1, 0.15) is 5.75 Å². The Hall–Kier alpha value is -2.96. The topological polar surface area (TPSA) is 82.9 Å². The van der Waals surface area contributed by atoms with Gasteiger partial charge in [-0.1, -0.05) is 24.3 Å². The lowest BCUT2D eigenvalue weighted by Gasteiger charge is -2.39. The number of aliphatic carboxylic acids is 1. The van der Waals surface area contributed by atoms with E-state index in [-0.39, 0.29) is 6.42 Å². The number of likely N-dealkylation sites (tertiary alicyclic amines) is 1. The van der Waals surface area contributed by atoms with Gasteiger partial charge in [0.25, 0.3) is 0 Å². The van der Waals surface area contributed by atoms with Crippen molar-refractivity contribution in [3.05, 3.63) is 71.4 Å². The van der Waals surface area contributed by atoms with Crippen LogP contribution in [0.4, 0.5) is 0 Å². The first-order chi connectivity index (χ1) is 18.4. The largest absolute Gasteiger partial charge is 0.497 e. The summed E-state index contributed by atoms with van der Waals surface area (Å²) in [6, 6.07) is 16.3. The van der Waals surface area contributed by atoms with Crippen molar-refractivity contribution in [3.8, 4) is 5.75 Å². The summed E-state index contributed by atoms with van der Waals surface area (Å²) >= 11 is 0. The van der Waals surface area contributed by atoms with Crippen molar-refractivity contribution in [2.24, 2.45) is 11.8 Å². The number of piperidine rings is 1. The first-order valence-electron chi connectivity index (χ1n) is 14.0. The second-order valence-corrected chi connectivity index (χ2v) is 10.8. The molecule has 2 aromatic carbocycles. The number of carboxylic acid groups (broad SMARTS) is 1. The van der Waals surface area contributed by atoms with Gasteiger partial charge in [0.2, 0.25) is 0 Å². The summed E-state index contributed by atoms with van der Waals surface area (Å²) in [7, 11) is 1.64. The highest BCUT2D eigenvalue weighted by Crippen LogP contribution is 2.35. The van der Waals surface area contributed by atoms with Crippen LogP contribution < -0.4 is 4.74 Å². The summed E-state index contributed by atoms with van der Waals surface area (Å²) in [5, 5.41) is 21.4. The number of carbonyl (C=O) groups is 1. The Bertz CT molecular complexity index is 1200. The van der Waals surface area contributed by atoms with Gasteiger partial charge in [0.05, 0.1) is 18.7 Å². The van der Waals surface area contributed by atoms with Crippen LogP contribution in [0.3, 0.4) is 0 Å². The number of carboxylic acids is 1. The molecule has 4 rings (SSSR count). The Morgan fingerprint density at radius 1 is 1.13 bits per heavy atom. The van der Waals surface area contributed by atoms with Crippen LogP contribution in [0.1, 0.15) is 67.7 Å². The minimum Gasteiger partial charge on any atom is -0.497 e. The van der Waals surface area contributed by atoms with E-state index >= 15 is 0 Å². The number of fused-ring (bicyclic) bond motifs is 1. The van der Waals surface area contributed by atoms with Gasteiger partial charge in [0, 0.05) is 24.5 Å². The fourth-order valence-corrected chi connectivity index (χ4v) is 6.01. The lowest BCUT2D eigenvalue weighted by atomic mass is 9.79. The Labute approximate surface area is 226 Å². The predicted octanol–water partition coefficient (Wildman–Crippen LogP) is 6.19. The van der Waals surface area contributed by atoms with E-state index in [1.54, 1.807) is 13.3 Å². The van der Waals surface area contributed by atoms with E-state index in [0.717, 1.165) is 67.5 Å². The third-order valence-corrected chi connectivity index (χ3v) is 8.29. The summed E-state index contributed by atoms with van der Waals surface area (Å²) in [5.74, 6) is 0.794. The van der Waals surface area contributed by atoms with Crippen molar-refractivity contribution >= 4 is 16.9 Å². The molecule has 3 atom stereocenters. The molecule has 38 heavy (non-hydrogen) atoms. The molecule has 0 spiro atoms. The van der Waals surface area contributed by atoms with E-state index in [9.17, 15) is 15.0 Å². The van der Waals surface area contributed by atoms with Gasteiger partial charge in [-0.3, -0.25) is 9.78 Å². The normalized spacial score (nSPS) is 18.9. The average Bonchev–Trinajstić information content (AvgIpc) is 2.93. The monoisotopic (exact) mass is 518 g/mol. The van der Waals surface area contributed by atoms with Crippen LogP contribution in [-0.4, -0.2) is 52.8 Å². The molecule has 0 aliphatic carbocycles.